The van der Waals surface area contributed by atoms with Crippen LogP contribution in [-0.2, 0) is 0 Å². The number of nitriles is 2. The van der Waals surface area contributed by atoms with Crippen LogP contribution in [0.4, 0.5) is 11.4 Å². The lowest BCUT2D eigenvalue weighted by molar-refractivity contribution is 0.610. The molecule has 2 atom stereocenters. The van der Waals surface area contributed by atoms with Gasteiger partial charge in [-0.25, -0.2) is 9.67 Å². The number of nitrogens with one attached hydrogen (secondary N) is 2. The fourth-order valence-electron chi connectivity index (χ4n) is 5.53. The molecule has 0 amide bonds. The number of rotatable bonds is 10. The fourth-order valence-corrected chi connectivity index (χ4v) is 6.63. The van der Waals surface area contributed by atoms with Crippen LogP contribution in [0.1, 0.15) is 66.2 Å². The Bertz CT molecular complexity index is 2050. The first kappa shape index (κ1) is 27.8. The van der Waals surface area contributed by atoms with Crippen molar-refractivity contribution in [3.05, 3.63) is 106 Å². The van der Waals surface area contributed by atoms with Gasteiger partial charge < -0.3 is 10.6 Å². The van der Waals surface area contributed by atoms with Crippen LogP contribution < -0.4 is 10.6 Å². The molecular weight excluding hydrogens is 590 g/mol. The van der Waals surface area contributed by atoms with Crippen molar-refractivity contribution >= 4 is 55.4 Å². The number of hydrogen-bond donors (Lipinski definition) is 2. The minimum atomic E-state index is -0.337. The van der Waals surface area contributed by atoms with Gasteiger partial charge in [0.15, 0.2) is 0 Å². The van der Waals surface area contributed by atoms with Crippen LogP contribution in [0.5, 0.6) is 0 Å². The number of anilines is 2. The van der Waals surface area contributed by atoms with Crippen molar-refractivity contribution in [2.24, 2.45) is 0 Å². The quantitative estimate of drug-likeness (QED) is 0.159. The SMILES string of the molecule is N#CCC[C@@H](Nc1c(C#N)cnc2c(Cl)cc(N[C@H](c3cn(C4CC4)nn3)c3cccc4ncsc34)cc12)c1ccccc1. The third-order valence-corrected chi connectivity index (χ3v) is 9.04. The molecule has 7 rings (SSSR count). The van der Waals surface area contributed by atoms with E-state index in [9.17, 15) is 10.5 Å². The molecule has 44 heavy (non-hydrogen) atoms. The molecule has 1 aliphatic carbocycles. The second kappa shape index (κ2) is 11.9. The van der Waals surface area contributed by atoms with E-state index in [-0.39, 0.29) is 12.1 Å². The van der Waals surface area contributed by atoms with E-state index >= 15 is 0 Å². The first-order valence-corrected chi connectivity index (χ1v) is 15.6. The summed E-state index contributed by atoms with van der Waals surface area (Å²) in [5.74, 6) is 0. The average molecular weight is 616 g/mol. The second-order valence-electron chi connectivity index (χ2n) is 10.8. The summed E-state index contributed by atoms with van der Waals surface area (Å²) in [7, 11) is 0. The molecule has 11 heteroatoms. The molecule has 2 N–H and O–H groups in total. The minimum absolute atomic E-state index is 0.196. The first-order chi connectivity index (χ1) is 21.6. The number of fused-ring (bicyclic) bond motifs is 2. The largest absolute Gasteiger partial charge is 0.377 e. The van der Waals surface area contributed by atoms with Crippen molar-refractivity contribution < 1.29 is 0 Å². The summed E-state index contributed by atoms with van der Waals surface area (Å²) in [5, 5.41) is 36.9. The van der Waals surface area contributed by atoms with Crippen LogP contribution in [0, 0.1) is 22.7 Å². The Morgan fingerprint density at radius 2 is 1.91 bits per heavy atom. The van der Waals surface area contributed by atoms with E-state index in [0.29, 0.717) is 46.1 Å². The van der Waals surface area contributed by atoms with E-state index in [1.807, 2.05) is 71.0 Å². The van der Waals surface area contributed by atoms with E-state index in [1.54, 1.807) is 17.5 Å². The van der Waals surface area contributed by atoms with Gasteiger partial charge in [0.25, 0.3) is 0 Å². The van der Waals surface area contributed by atoms with E-state index in [4.69, 9.17) is 11.6 Å². The Morgan fingerprint density at radius 1 is 1.05 bits per heavy atom. The van der Waals surface area contributed by atoms with Crippen LogP contribution in [-0.4, -0.2) is 25.0 Å². The van der Waals surface area contributed by atoms with Gasteiger partial charge in [-0.15, -0.1) is 16.4 Å². The molecule has 0 radical (unpaired) electrons. The van der Waals surface area contributed by atoms with Crippen molar-refractivity contribution in [1.29, 1.82) is 10.5 Å². The maximum Gasteiger partial charge on any atom is 0.110 e. The Hall–Kier alpha value is -5.03. The van der Waals surface area contributed by atoms with E-state index in [0.717, 1.165) is 45.6 Å². The number of thiazole rings is 1. The van der Waals surface area contributed by atoms with Crippen molar-refractivity contribution in [2.45, 2.75) is 43.8 Å². The molecule has 0 aliphatic heterocycles. The Balaban J connectivity index is 1.33. The van der Waals surface area contributed by atoms with Gasteiger partial charge in [0.2, 0.25) is 0 Å². The monoisotopic (exact) mass is 615 g/mol. The molecule has 0 unspecified atom stereocenters. The molecule has 1 saturated carbocycles. The lowest BCUT2D eigenvalue weighted by atomic mass is 10.00. The summed E-state index contributed by atoms with van der Waals surface area (Å²) in [6.45, 7) is 0. The smallest absolute Gasteiger partial charge is 0.110 e. The summed E-state index contributed by atoms with van der Waals surface area (Å²) < 4.78 is 3.01. The highest BCUT2D eigenvalue weighted by Crippen LogP contribution is 2.40. The highest BCUT2D eigenvalue weighted by Gasteiger charge is 2.28. The summed E-state index contributed by atoms with van der Waals surface area (Å²) in [4.78, 5) is 9.07. The van der Waals surface area contributed by atoms with E-state index in [1.165, 1.54) is 0 Å². The standard InChI is InChI=1S/C33H26ClN9S/c34-26-15-22(39-32(29-18-43(42-41-29)23-11-12-23)24-8-4-9-28-33(24)44-19-38-28)14-25-30(21(16-36)17-37-31(25)26)40-27(10-5-13-35)20-6-2-1-3-7-20/h1-4,6-9,14-15,17-19,23,27,32,39H,5,10-12H2,(H,37,40)/t27-,32+/m1/s1. The van der Waals surface area contributed by atoms with Crippen molar-refractivity contribution in [2.75, 3.05) is 10.6 Å². The Kier molecular flexibility index (Phi) is 7.53. The van der Waals surface area contributed by atoms with Gasteiger partial charge >= 0.3 is 0 Å². The third-order valence-electron chi connectivity index (χ3n) is 7.86. The fraction of sp³-hybridized carbons (Fsp3) is 0.212. The van der Waals surface area contributed by atoms with Gasteiger partial charge in [-0.2, -0.15) is 10.5 Å². The van der Waals surface area contributed by atoms with Crippen LogP contribution in [0.3, 0.4) is 0 Å². The Labute approximate surface area is 262 Å². The molecule has 0 bridgehead atoms. The lowest BCUT2D eigenvalue weighted by Crippen LogP contribution is -2.14. The molecule has 9 nitrogen and oxygen atoms in total. The highest BCUT2D eigenvalue weighted by atomic mass is 35.5. The summed E-state index contributed by atoms with van der Waals surface area (Å²) in [5.41, 5.74) is 7.94. The van der Waals surface area contributed by atoms with Crippen LogP contribution in [0.2, 0.25) is 5.02 Å². The van der Waals surface area contributed by atoms with Crippen molar-refractivity contribution in [1.82, 2.24) is 25.0 Å². The predicted molar refractivity (Wildman–Crippen MR) is 172 cm³/mol. The molecule has 3 aromatic carbocycles. The molecule has 216 valence electrons. The zero-order chi connectivity index (χ0) is 30.0. The topological polar surface area (TPSA) is 128 Å². The maximum atomic E-state index is 10.1. The molecule has 1 fully saturated rings. The Morgan fingerprint density at radius 3 is 2.70 bits per heavy atom. The molecule has 0 spiro atoms. The van der Waals surface area contributed by atoms with Gasteiger partial charge in [-0.05, 0) is 48.6 Å². The number of pyridine rings is 1. The average Bonchev–Trinajstić information content (AvgIpc) is 3.57. The number of nitrogens with zero attached hydrogens (tertiary/aromatic N) is 7. The van der Waals surface area contributed by atoms with Gasteiger partial charge in [0.05, 0.1) is 67.9 Å². The normalized spacial score (nSPS) is 14.2. The van der Waals surface area contributed by atoms with Gasteiger partial charge in [-0.3, -0.25) is 4.98 Å². The highest BCUT2D eigenvalue weighted by molar-refractivity contribution is 7.17. The lowest BCUT2D eigenvalue weighted by Gasteiger charge is -2.23. The summed E-state index contributed by atoms with van der Waals surface area (Å²) >= 11 is 8.46. The van der Waals surface area contributed by atoms with Crippen LogP contribution >= 0.6 is 22.9 Å². The molecule has 1 aliphatic rings. The molecule has 0 saturated heterocycles. The number of hydrogen-bond acceptors (Lipinski definition) is 9. The predicted octanol–water partition coefficient (Wildman–Crippen LogP) is 7.95. The minimum Gasteiger partial charge on any atom is -0.377 e. The number of aromatic nitrogens is 5. The van der Waals surface area contributed by atoms with E-state index in [2.05, 4.69) is 49.1 Å². The van der Waals surface area contributed by atoms with Gasteiger partial charge in [0, 0.05) is 23.7 Å². The van der Waals surface area contributed by atoms with Crippen molar-refractivity contribution in [3.8, 4) is 12.1 Å². The number of halogens is 1. The third kappa shape index (κ3) is 5.42. The van der Waals surface area contributed by atoms with Crippen LogP contribution in [0.15, 0.2) is 78.6 Å². The first-order valence-electron chi connectivity index (χ1n) is 14.3. The molecule has 3 aromatic heterocycles. The summed E-state index contributed by atoms with van der Waals surface area (Å²) in [6.07, 6.45) is 6.69. The molecule has 6 aromatic rings. The molecular formula is C33H26ClN9S. The number of benzene rings is 3. The van der Waals surface area contributed by atoms with Gasteiger partial charge in [-0.1, -0.05) is 59.3 Å². The zero-order valence-electron chi connectivity index (χ0n) is 23.5. The zero-order valence-corrected chi connectivity index (χ0v) is 25.1. The van der Waals surface area contributed by atoms with Crippen molar-refractivity contribution in [3.63, 3.8) is 0 Å². The van der Waals surface area contributed by atoms with Crippen LogP contribution in [0.25, 0.3) is 21.1 Å². The summed E-state index contributed by atoms with van der Waals surface area (Å²) in [6, 6.07) is 24.2. The second-order valence-corrected chi connectivity index (χ2v) is 12.1. The maximum absolute atomic E-state index is 10.1. The van der Waals surface area contributed by atoms with Gasteiger partial charge in [0.1, 0.15) is 11.8 Å². The van der Waals surface area contributed by atoms with E-state index < -0.39 is 0 Å². The molecule has 3 heterocycles.